The van der Waals surface area contributed by atoms with Crippen molar-refractivity contribution in [1.29, 1.82) is 0 Å². The summed E-state index contributed by atoms with van der Waals surface area (Å²) in [4.78, 5) is 4.15. The van der Waals surface area contributed by atoms with Gasteiger partial charge in [0.1, 0.15) is 0 Å². The summed E-state index contributed by atoms with van der Waals surface area (Å²) in [5.41, 5.74) is 1.81. The van der Waals surface area contributed by atoms with E-state index >= 15 is 0 Å². The molecule has 0 bridgehead atoms. The second-order valence-electron chi connectivity index (χ2n) is 3.41. The van der Waals surface area contributed by atoms with Crippen molar-refractivity contribution in [2.75, 3.05) is 13.2 Å². The van der Waals surface area contributed by atoms with E-state index < -0.39 is 7.60 Å². The zero-order valence-corrected chi connectivity index (χ0v) is 10.9. The molecule has 0 N–H and O–H groups in total. The molecule has 0 saturated heterocycles. The normalized spacial score (nSPS) is 11.7. The maximum atomic E-state index is 12.2. The fraction of sp³-hybridized carbons (Fsp3) is 0.545. The molecule has 0 aliphatic heterocycles. The Morgan fingerprint density at radius 1 is 1.25 bits per heavy atom. The molecule has 90 valence electrons. The van der Waals surface area contributed by atoms with Crippen molar-refractivity contribution in [3.8, 4) is 0 Å². The fourth-order valence-electron chi connectivity index (χ4n) is 1.34. The summed E-state index contributed by atoms with van der Waals surface area (Å²) < 4.78 is 22.6. The van der Waals surface area contributed by atoms with E-state index in [1.807, 2.05) is 19.1 Å². The van der Waals surface area contributed by atoms with E-state index in [4.69, 9.17) is 9.05 Å². The number of pyridine rings is 1. The molecule has 0 spiro atoms. The van der Waals surface area contributed by atoms with Crippen molar-refractivity contribution in [3.05, 3.63) is 29.6 Å². The van der Waals surface area contributed by atoms with E-state index in [1.165, 1.54) is 0 Å². The van der Waals surface area contributed by atoms with E-state index in [2.05, 4.69) is 4.98 Å². The van der Waals surface area contributed by atoms with Crippen LogP contribution < -0.4 is 0 Å². The summed E-state index contributed by atoms with van der Waals surface area (Å²) in [7, 11) is -3.00. The number of nitrogens with zero attached hydrogens (tertiary/aromatic N) is 1. The first kappa shape index (κ1) is 13.4. The van der Waals surface area contributed by atoms with Gasteiger partial charge in [-0.1, -0.05) is 6.07 Å². The van der Waals surface area contributed by atoms with Gasteiger partial charge in [0.2, 0.25) is 0 Å². The van der Waals surface area contributed by atoms with Gasteiger partial charge in [-0.25, -0.2) is 0 Å². The van der Waals surface area contributed by atoms with Gasteiger partial charge in [-0.15, -0.1) is 0 Å². The molecule has 0 aliphatic carbocycles. The lowest BCUT2D eigenvalue weighted by Crippen LogP contribution is -1.99. The van der Waals surface area contributed by atoms with E-state index in [0.717, 1.165) is 11.3 Å². The van der Waals surface area contributed by atoms with Gasteiger partial charge in [0.05, 0.1) is 19.4 Å². The van der Waals surface area contributed by atoms with Crippen LogP contribution in [0.5, 0.6) is 0 Å². The van der Waals surface area contributed by atoms with Gasteiger partial charge in [0, 0.05) is 11.9 Å². The monoisotopic (exact) mass is 243 g/mol. The topological polar surface area (TPSA) is 48.4 Å². The third kappa shape index (κ3) is 4.05. The van der Waals surface area contributed by atoms with Crippen molar-refractivity contribution in [2.45, 2.75) is 26.9 Å². The molecule has 0 atom stereocenters. The molecule has 0 fully saturated rings. The predicted octanol–water partition coefficient (Wildman–Crippen LogP) is 3.16. The highest BCUT2D eigenvalue weighted by Crippen LogP contribution is 2.51. The van der Waals surface area contributed by atoms with Crippen LogP contribution in [0, 0.1) is 6.92 Å². The summed E-state index contributed by atoms with van der Waals surface area (Å²) in [6, 6.07) is 3.78. The third-order valence-corrected chi connectivity index (χ3v) is 4.06. The Labute approximate surface area is 96.5 Å². The van der Waals surface area contributed by atoms with Gasteiger partial charge in [0.15, 0.2) is 0 Å². The molecule has 5 heteroatoms. The lowest BCUT2D eigenvalue weighted by atomic mass is 10.3. The molecule has 0 unspecified atom stereocenters. The second kappa shape index (κ2) is 6.14. The summed E-state index contributed by atoms with van der Waals surface area (Å²) in [5, 5.41) is 0. The minimum atomic E-state index is -3.00. The van der Waals surface area contributed by atoms with Gasteiger partial charge in [0.25, 0.3) is 0 Å². The van der Waals surface area contributed by atoms with Crippen molar-refractivity contribution in [3.63, 3.8) is 0 Å². The Kier molecular flexibility index (Phi) is 5.13. The number of aromatic nitrogens is 1. The molecular weight excluding hydrogens is 225 g/mol. The maximum Gasteiger partial charge on any atom is 0.335 e. The third-order valence-electron chi connectivity index (χ3n) is 2.00. The van der Waals surface area contributed by atoms with Crippen LogP contribution in [0.3, 0.4) is 0 Å². The maximum absolute atomic E-state index is 12.2. The highest BCUT2D eigenvalue weighted by Gasteiger charge is 2.23. The SMILES string of the molecule is CCOP(=O)(Cc1ccc(C)nc1)OCC. The van der Waals surface area contributed by atoms with Gasteiger partial charge in [-0.2, -0.15) is 0 Å². The molecule has 0 aromatic carbocycles. The Balaban J connectivity index is 2.75. The Morgan fingerprint density at radius 3 is 2.31 bits per heavy atom. The van der Waals surface area contributed by atoms with Crippen molar-refractivity contribution >= 4 is 7.60 Å². The van der Waals surface area contributed by atoms with E-state index in [9.17, 15) is 4.57 Å². The summed E-state index contributed by atoms with van der Waals surface area (Å²) in [6.45, 7) is 6.29. The zero-order chi connectivity index (χ0) is 12.0. The lowest BCUT2D eigenvalue weighted by Gasteiger charge is -2.16. The fourth-order valence-corrected chi connectivity index (χ4v) is 3.02. The second-order valence-corrected chi connectivity index (χ2v) is 5.47. The molecular formula is C11H18NO3P. The predicted molar refractivity (Wildman–Crippen MR) is 63.5 cm³/mol. The van der Waals surface area contributed by atoms with Gasteiger partial charge >= 0.3 is 7.60 Å². The highest BCUT2D eigenvalue weighted by atomic mass is 31.2. The van der Waals surface area contributed by atoms with Crippen LogP contribution in [-0.4, -0.2) is 18.2 Å². The molecule has 4 nitrogen and oxygen atoms in total. The van der Waals surface area contributed by atoms with Crippen LogP contribution in [0.1, 0.15) is 25.1 Å². The van der Waals surface area contributed by atoms with Crippen molar-refractivity contribution in [2.24, 2.45) is 0 Å². The Morgan fingerprint density at radius 2 is 1.88 bits per heavy atom. The first-order valence-corrected chi connectivity index (χ1v) is 7.12. The molecule has 0 amide bonds. The van der Waals surface area contributed by atoms with E-state index in [0.29, 0.717) is 13.2 Å². The number of hydrogen-bond acceptors (Lipinski definition) is 4. The number of aryl methyl sites for hydroxylation is 1. The smallest absolute Gasteiger partial charge is 0.309 e. The average molecular weight is 243 g/mol. The average Bonchev–Trinajstić information content (AvgIpc) is 2.22. The quantitative estimate of drug-likeness (QED) is 0.720. The number of rotatable bonds is 6. The standard InChI is InChI=1S/C11H18NO3P/c1-4-14-16(13,15-5-2)9-11-7-6-10(3)12-8-11/h6-8H,4-5,9H2,1-3H3. The first-order valence-electron chi connectivity index (χ1n) is 5.39. The minimum Gasteiger partial charge on any atom is -0.309 e. The van der Waals surface area contributed by atoms with Crippen LogP contribution in [-0.2, 0) is 19.8 Å². The summed E-state index contributed by atoms with van der Waals surface area (Å²) >= 11 is 0. The summed E-state index contributed by atoms with van der Waals surface area (Å²) in [6.07, 6.45) is 1.99. The van der Waals surface area contributed by atoms with Crippen LogP contribution in [0.15, 0.2) is 18.3 Å². The molecule has 0 aliphatic rings. The van der Waals surface area contributed by atoms with E-state index in [-0.39, 0.29) is 6.16 Å². The lowest BCUT2D eigenvalue weighted by molar-refractivity contribution is 0.219. The van der Waals surface area contributed by atoms with Gasteiger partial charge < -0.3 is 9.05 Å². The Bertz CT molecular complexity index is 354. The van der Waals surface area contributed by atoms with Gasteiger partial charge in [-0.3, -0.25) is 9.55 Å². The molecule has 1 aromatic rings. The van der Waals surface area contributed by atoms with Crippen LogP contribution in [0.2, 0.25) is 0 Å². The van der Waals surface area contributed by atoms with Crippen LogP contribution in [0.4, 0.5) is 0 Å². The largest absolute Gasteiger partial charge is 0.335 e. The Hall–Kier alpha value is -0.700. The van der Waals surface area contributed by atoms with Gasteiger partial charge in [-0.05, 0) is 32.4 Å². The number of hydrogen-bond donors (Lipinski definition) is 0. The molecule has 0 radical (unpaired) electrons. The van der Waals surface area contributed by atoms with Crippen molar-refractivity contribution < 1.29 is 13.6 Å². The summed E-state index contributed by atoms with van der Waals surface area (Å²) in [5.74, 6) is 0. The van der Waals surface area contributed by atoms with Crippen LogP contribution >= 0.6 is 7.60 Å². The van der Waals surface area contributed by atoms with Crippen LogP contribution in [0.25, 0.3) is 0 Å². The molecule has 1 rings (SSSR count). The highest BCUT2D eigenvalue weighted by molar-refractivity contribution is 7.53. The molecule has 1 heterocycles. The molecule has 1 aromatic heterocycles. The zero-order valence-electron chi connectivity index (χ0n) is 9.97. The molecule has 0 saturated carbocycles. The first-order chi connectivity index (χ1) is 7.59. The van der Waals surface area contributed by atoms with Crippen molar-refractivity contribution in [1.82, 2.24) is 4.98 Å². The van der Waals surface area contributed by atoms with E-state index in [1.54, 1.807) is 20.0 Å². The molecule has 16 heavy (non-hydrogen) atoms. The minimum absolute atomic E-state index is 0.280.